The van der Waals surface area contributed by atoms with Crippen LogP contribution in [0.25, 0.3) is 105 Å². The van der Waals surface area contributed by atoms with Crippen LogP contribution in [0.4, 0.5) is 17.1 Å². The minimum Gasteiger partial charge on any atom is -0.310 e. The van der Waals surface area contributed by atoms with Crippen LogP contribution in [-0.2, 0) is 0 Å². The molecule has 0 aliphatic heterocycles. The minimum absolute atomic E-state index is 0.630. The van der Waals surface area contributed by atoms with Gasteiger partial charge in [-0.15, -0.1) is 0 Å². The number of fused-ring (bicyclic) bond motifs is 5. The summed E-state index contributed by atoms with van der Waals surface area (Å²) in [6, 6.07) is 84.2. The molecule has 10 aromatic carbocycles. The molecule has 13 aromatic rings. The fourth-order valence-corrected chi connectivity index (χ4v) is 9.93. The molecule has 5 nitrogen and oxygen atoms in total. The smallest absolute Gasteiger partial charge is 0.164 e. The Morgan fingerprint density at radius 2 is 0.742 bits per heavy atom. The molecular formula is C61H39N5. The van der Waals surface area contributed by atoms with E-state index in [1.807, 2.05) is 36.4 Å². The average molecular weight is 842 g/mol. The maximum atomic E-state index is 5.12. The molecule has 66 heavy (non-hydrogen) atoms. The van der Waals surface area contributed by atoms with Gasteiger partial charge in [0, 0.05) is 55.0 Å². The third-order valence-electron chi connectivity index (χ3n) is 12.9. The first kappa shape index (κ1) is 37.6. The van der Waals surface area contributed by atoms with Crippen molar-refractivity contribution in [2.24, 2.45) is 0 Å². The fraction of sp³-hybridized carbons (Fsp3) is 0. The van der Waals surface area contributed by atoms with Gasteiger partial charge in [-0.3, -0.25) is 0 Å². The first-order chi connectivity index (χ1) is 32.7. The molecule has 0 atom stereocenters. The highest BCUT2D eigenvalue weighted by Gasteiger charge is 2.23. The molecule has 0 spiro atoms. The van der Waals surface area contributed by atoms with E-state index in [2.05, 4.69) is 209 Å². The van der Waals surface area contributed by atoms with Crippen molar-refractivity contribution in [3.63, 3.8) is 0 Å². The van der Waals surface area contributed by atoms with Gasteiger partial charge in [-0.25, -0.2) is 15.0 Å². The highest BCUT2D eigenvalue weighted by molar-refractivity contribution is 6.28. The molecule has 0 radical (unpaired) electrons. The van der Waals surface area contributed by atoms with E-state index in [4.69, 9.17) is 15.0 Å². The Labute approximate surface area is 381 Å². The van der Waals surface area contributed by atoms with Crippen molar-refractivity contribution >= 4 is 65.9 Å². The van der Waals surface area contributed by atoms with E-state index in [9.17, 15) is 0 Å². The van der Waals surface area contributed by atoms with Crippen molar-refractivity contribution in [2.75, 3.05) is 4.90 Å². The lowest BCUT2D eigenvalue weighted by molar-refractivity contribution is 1.07. The van der Waals surface area contributed by atoms with Crippen LogP contribution in [0.5, 0.6) is 0 Å². The Kier molecular flexibility index (Phi) is 8.78. The lowest BCUT2D eigenvalue weighted by Crippen LogP contribution is -2.11. The summed E-state index contributed by atoms with van der Waals surface area (Å²) >= 11 is 0. The fourth-order valence-electron chi connectivity index (χ4n) is 9.93. The second kappa shape index (κ2) is 15.4. The van der Waals surface area contributed by atoms with Crippen molar-refractivity contribution in [3.8, 4) is 56.4 Å². The van der Waals surface area contributed by atoms with Gasteiger partial charge in [0.15, 0.2) is 17.5 Å². The molecule has 0 saturated heterocycles. The van der Waals surface area contributed by atoms with Crippen molar-refractivity contribution in [1.29, 1.82) is 0 Å². The Morgan fingerprint density at radius 1 is 0.288 bits per heavy atom. The zero-order chi connectivity index (χ0) is 43.6. The van der Waals surface area contributed by atoms with Crippen molar-refractivity contribution in [2.45, 2.75) is 0 Å². The molecule has 0 aliphatic carbocycles. The van der Waals surface area contributed by atoms with Crippen LogP contribution < -0.4 is 4.90 Å². The van der Waals surface area contributed by atoms with E-state index in [0.29, 0.717) is 17.5 Å². The summed E-state index contributed by atoms with van der Waals surface area (Å²) in [4.78, 5) is 17.7. The number of pyridine rings is 1. The average Bonchev–Trinajstić information content (AvgIpc) is 3.73. The topological polar surface area (TPSA) is 46.3 Å². The van der Waals surface area contributed by atoms with Gasteiger partial charge in [0.2, 0.25) is 0 Å². The molecule has 0 saturated carbocycles. The predicted octanol–water partition coefficient (Wildman–Crippen LogP) is 16.0. The number of hydrogen-bond donors (Lipinski definition) is 0. The molecule has 0 bridgehead atoms. The van der Waals surface area contributed by atoms with Crippen LogP contribution in [-0.4, -0.2) is 19.4 Å². The van der Waals surface area contributed by atoms with Crippen LogP contribution in [0.1, 0.15) is 0 Å². The molecule has 3 aromatic heterocycles. The van der Waals surface area contributed by atoms with Gasteiger partial charge in [0.05, 0.1) is 22.2 Å². The number of aromatic nitrogens is 4. The van der Waals surface area contributed by atoms with Crippen molar-refractivity contribution in [1.82, 2.24) is 19.4 Å². The normalized spacial score (nSPS) is 11.6. The highest BCUT2D eigenvalue weighted by Crippen LogP contribution is 2.47. The van der Waals surface area contributed by atoms with Crippen LogP contribution in [0.2, 0.25) is 0 Å². The number of para-hydroxylation sites is 1. The van der Waals surface area contributed by atoms with E-state index < -0.39 is 0 Å². The monoisotopic (exact) mass is 841 g/mol. The predicted molar refractivity (Wildman–Crippen MR) is 274 cm³/mol. The minimum atomic E-state index is 0.630. The second-order valence-corrected chi connectivity index (χ2v) is 16.8. The van der Waals surface area contributed by atoms with Gasteiger partial charge in [-0.05, 0) is 70.1 Å². The Balaban J connectivity index is 1.06. The summed E-state index contributed by atoms with van der Waals surface area (Å²) in [7, 11) is 0. The largest absolute Gasteiger partial charge is 0.310 e. The van der Waals surface area contributed by atoms with Crippen molar-refractivity contribution in [3.05, 3.63) is 237 Å². The maximum absolute atomic E-state index is 5.12. The summed E-state index contributed by atoms with van der Waals surface area (Å²) in [6.45, 7) is 0. The number of hydrogen-bond acceptors (Lipinski definition) is 4. The van der Waals surface area contributed by atoms with Gasteiger partial charge in [-0.1, -0.05) is 194 Å². The van der Waals surface area contributed by atoms with Crippen LogP contribution in [0.15, 0.2) is 237 Å². The molecule has 0 unspecified atom stereocenters. The number of rotatable bonds is 8. The van der Waals surface area contributed by atoms with E-state index in [0.717, 1.165) is 55.9 Å². The van der Waals surface area contributed by atoms with Gasteiger partial charge >= 0.3 is 0 Å². The summed E-state index contributed by atoms with van der Waals surface area (Å²) in [6.07, 6.45) is 0. The molecular weight excluding hydrogens is 803 g/mol. The number of nitrogens with zero attached hydrogens (tertiary/aromatic N) is 5. The van der Waals surface area contributed by atoms with Gasteiger partial charge < -0.3 is 9.30 Å². The molecule has 13 rings (SSSR count). The number of anilines is 3. The third kappa shape index (κ3) is 6.21. The Bertz CT molecular complexity index is 3780. The Morgan fingerprint density at radius 3 is 1.30 bits per heavy atom. The highest BCUT2D eigenvalue weighted by atomic mass is 15.1. The van der Waals surface area contributed by atoms with E-state index in [-0.39, 0.29) is 0 Å². The molecule has 3 heterocycles. The third-order valence-corrected chi connectivity index (χ3v) is 12.9. The zero-order valence-corrected chi connectivity index (χ0v) is 35.8. The van der Waals surface area contributed by atoms with Crippen molar-refractivity contribution < 1.29 is 0 Å². The van der Waals surface area contributed by atoms with E-state index >= 15 is 0 Å². The first-order valence-corrected chi connectivity index (χ1v) is 22.4. The molecule has 0 fully saturated rings. The molecule has 308 valence electrons. The lowest BCUT2D eigenvalue weighted by Gasteiger charge is -2.28. The zero-order valence-electron chi connectivity index (χ0n) is 35.8. The number of benzene rings is 10. The summed E-state index contributed by atoms with van der Waals surface area (Å²) in [5, 5.41) is 7.19. The molecule has 0 aliphatic rings. The standard InChI is InChI=1S/C61H39N5/c1-5-17-40(18-6-1)44-25-13-27-47(37-44)65(48-28-14-26-45(38-48)41-19-7-2-8-20-41)54-35-36-55-57-50(29-15-32-53(54)57)52-31-16-30-51-49-34-33-46(39-56(49)66(55)58(51)52)61-63-59(42-21-9-3-10-22-42)62-60(64-61)43-23-11-4-12-24-43/h1-39H. The van der Waals surface area contributed by atoms with Gasteiger partial charge in [-0.2, -0.15) is 0 Å². The van der Waals surface area contributed by atoms with E-state index in [1.165, 1.54) is 49.0 Å². The maximum Gasteiger partial charge on any atom is 0.164 e. The quantitative estimate of drug-likeness (QED) is 0.113. The summed E-state index contributed by atoms with van der Waals surface area (Å²) in [5.74, 6) is 1.91. The summed E-state index contributed by atoms with van der Waals surface area (Å²) in [5.41, 5.74) is 14.2. The summed E-state index contributed by atoms with van der Waals surface area (Å²) < 4.78 is 2.47. The van der Waals surface area contributed by atoms with Crippen LogP contribution in [0, 0.1) is 0 Å². The van der Waals surface area contributed by atoms with Crippen LogP contribution in [0.3, 0.4) is 0 Å². The lowest BCUT2D eigenvalue weighted by atomic mass is 9.97. The second-order valence-electron chi connectivity index (χ2n) is 16.8. The van der Waals surface area contributed by atoms with Gasteiger partial charge in [0.1, 0.15) is 0 Å². The SMILES string of the molecule is c1ccc(-c2cccc(N(c3cccc(-c4ccccc4)c3)c3ccc4c5c3cccc5c3cccc5c6ccc(-c7nc(-c8ccccc8)nc(-c8ccccc8)n7)cc6n4c35)c2)cc1. The van der Waals surface area contributed by atoms with Gasteiger partial charge in [0.25, 0.3) is 0 Å². The van der Waals surface area contributed by atoms with Crippen LogP contribution >= 0.6 is 0 Å². The molecule has 0 N–H and O–H groups in total. The van der Waals surface area contributed by atoms with E-state index in [1.54, 1.807) is 0 Å². The molecule has 5 heteroatoms. The Hall–Kier alpha value is -8.93. The molecule has 0 amide bonds. The first-order valence-electron chi connectivity index (χ1n) is 22.4.